The number of rotatable bonds is 2. The summed E-state index contributed by atoms with van der Waals surface area (Å²) in [6, 6.07) is 0. The van der Waals surface area contributed by atoms with Gasteiger partial charge in [0.2, 0.25) is 0 Å². The lowest BCUT2D eigenvalue weighted by Gasteiger charge is -2.38. The number of halogens is 1. The van der Waals surface area contributed by atoms with Crippen molar-refractivity contribution >= 4 is 15.9 Å². The molecule has 1 saturated heterocycles. The third kappa shape index (κ3) is 3.25. The van der Waals surface area contributed by atoms with Gasteiger partial charge in [0.25, 0.3) is 0 Å². The summed E-state index contributed by atoms with van der Waals surface area (Å²) in [6.07, 6.45) is 2.39. The summed E-state index contributed by atoms with van der Waals surface area (Å²) in [5.74, 6) is 1.50. The monoisotopic (exact) mass is 248 g/mol. The van der Waals surface area contributed by atoms with E-state index in [1.165, 1.54) is 12.8 Å². The molecule has 2 atom stereocenters. The van der Waals surface area contributed by atoms with E-state index in [1.807, 2.05) is 0 Å². The summed E-state index contributed by atoms with van der Waals surface area (Å²) >= 11 is 3.80. The molecule has 1 fully saturated rings. The first-order valence-corrected chi connectivity index (χ1v) is 6.12. The Labute approximate surface area is 90.4 Å². The zero-order chi connectivity index (χ0) is 10.1. The Kier molecular flexibility index (Phi) is 3.82. The van der Waals surface area contributed by atoms with Crippen LogP contribution in [0.3, 0.4) is 0 Å². The van der Waals surface area contributed by atoms with Crippen molar-refractivity contribution in [3.63, 3.8) is 0 Å². The summed E-state index contributed by atoms with van der Waals surface area (Å²) in [4.78, 5) is 0.649. The molecule has 0 radical (unpaired) electrons. The standard InChI is InChI=1S/C11H21BrO/c1-8(2)10(12)9-5-6-13-11(3,4)7-9/h8-10H,5-7H2,1-4H3. The third-order valence-corrected chi connectivity index (χ3v) is 4.63. The Morgan fingerprint density at radius 2 is 2.00 bits per heavy atom. The molecule has 1 heterocycles. The first-order chi connectivity index (χ1) is 5.92. The molecule has 78 valence electrons. The highest BCUT2D eigenvalue weighted by molar-refractivity contribution is 9.09. The number of hydrogen-bond acceptors (Lipinski definition) is 1. The van der Waals surface area contributed by atoms with Crippen LogP contribution in [0.15, 0.2) is 0 Å². The molecule has 0 N–H and O–H groups in total. The third-order valence-electron chi connectivity index (χ3n) is 2.82. The highest BCUT2D eigenvalue weighted by Gasteiger charge is 2.33. The maximum atomic E-state index is 5.70. The second kappa shape index (κ2) is 4.31. The van der Waals surface area contributed by atoms with Gasteiger partial charge in [-0.25, -0.2) is 0 Å². The second-order valence-electron chi connectivity index (χ2n) is 5.05. The number of hydrogen-bond donors (Lipinski definition) is 0. The van der Waals surface area contributed by atoms with Crippen molar-refractivity contribution in [2.24, 2.45) is 11.8 Å². The van der Waals surface area contributed by atoms with Crippen LogP contribution in [-0.4, -0.2) is 17.0 Å². The van der Waals surface area contributed by atoms with Crippen molar-refractivity contribution in [1.29, 1.82) is 0 Å². The Morgan fingerprint density at radius 1 is 1.38 bits per heavy atom. The molecule has 0 saturated carbocycles. The van der Waals surface area contributed by atoms with E-state index < -0.39 is 0 Å². The van der Waals surface area contributed by atoms with Gasteiger partial charge in [-0.05, 0) is 38.5 Å². The fourth-order valence-corrected chi connectivity index (χ4v) is 2.55. The average molecular weight is 249 g/mol. The summed E-state index contributed by atoms with van der Waals surface area (Å²) in [5, 5.41) is 0. The molecule has 0 spiro atoms. The normalized spacial score (nSPS) is 30.5. The van der Waals surface area contributed by atoms with Gasteiger partial charge < -0.3 is 4.74 Å². The molecule has 0 bridgehead atoms. The van der Waals surface area contributed by atoms with Gasteiger partial charge in [0.1, 0.15) is 0 Å². The summed E-state index contributed by atoms with van der Waals surface area (Å²) in [5.41, 5.74) is 0.0871. The zero-order valence-corrected chi connectivity index (χ0v) is 10.7. The average Bonchev–Trinajstić information content (AvgIpc) is 2.01. The van der Waals surface area contributed by atoms with Gasteiger partial charge in [-0.1, -0.05) is 29.8 Å². The van der Waals surface area contributed by atoms with Crippen molar-refractivity contribution in [2.75, 3.05) is 6.61 Å². The van der Waals surface area contributed by atoms with Crippen LogP contribution < -0.4 is 0 Å². The van der Waals surface area contributed by atoms with E-state index in [0.29, 0.717) is 4.83 Å². The predicted octanol–water partition coefficient (Wildman–Crippen LogP) is 3.61. The molecule has 2 heteroatoms. The van der Waals surface area contributed by atoms with Gasteiger partial charge in [0, 0.05) is 11.4 Å². The fourth-order valence-electron chi connectivity index (χ4n) is 2.10. The van der Waals surface area contributed by atoms with Crippen molar-refractivity contribution in [2.45, 2.75) is 51.0 Å². The quantitative estimate of drug-likeness (QED) is 0.679. The molecular weight excluding hydrogens is 228 g/mol. The lowest BCUT2D eigenvalue weighted by molar-refractivity contribution is -0.0736. The Bertz CT molecular complexity index is 165. The predicted molar refractivity (Wildman–Crippen MR) is 60.3 cm³/mol. The number of ether oxygens (including phenoxy) is 1. The van der Waals surface area contributed by atoms with Gasteiger partial charge in [-0.3, -0.25) is 0 Å². The van der Waals surface area contributed by atoms with Crippen molar-refractivity contribution in [1.82, 2.24) is 0 Å². The Morgan fingerprint density at radius 3 is 2.46 bits per heavy atom. The van der Waals surface area contributed by atoms with Gasteiger partial charge in [0.15, 0.2) is 0 Å². The summed E-state index contributed by atoms with van der Waals surface area (Å²) < 4.78 is 5.70. The summed E-state index contributed by atoms with van der Waals surface area (Å²) in [6.45, 7) is 9.87. The van der Waals surface area contributed by atoms with Crippen LogP contribution in [-0.2, 0) is 4.74 Å². The van der Waals surface area contributed by atoms with Crippen LogP contribution in [0.5, 0.6) is 0 Å². The summed E-state index contributed by atoms with van der Waals surface area (Å²) in [7, 11) is 0. The molecule has 13 heavy (non-hydrogen) atoms. The van der Waals surface area contributed by atoms with Crippen LogP contribution in [0.2, 0.25) is 0 Å². The lowest BCUT2D eigenvalue weighted by Crippen LogP contribution is -2.38. The number of alkyl halides is 1. The van der Waals surface area contributed by atoms with E-state index in [1.54, 1.807) is 0 Å². The highest BCUT2D eigenvalue weighted by atomic mass is 79.9. The van der Waals surface area contributed by atoms with Crippen LogP contribution in [0.25, 0.3) is 0 Å². The molecule has 1 aliphatic rings. The largest absolute Gasteiger partial charge is 0.376 e. The minimum absolute atomic E-state index is 0.0871. The van der Waals surface area contributed by atoms with Gasteiger partial charge in [-0.2, -0.15) is 0 Å². The van der Waals surface area contributed by atoms with E-state index >= 15 is 0 Å². The second-order valence-corrected chi connectivity index (χ2v) is 6.11. The van der Waals surface area contributed by atoms with Crippen LogP contribution >= 0.6 is 15.9 Å². The van der Waals surface area contributed by atoms with Crippen molar-refractivity contribution < 1.29 is 4.74 Å². The first kappa shape index (κ1) is 11.5. The van der Waals surface area contributed by atoms with E-state index in [4.69, 9.17) is 4.74 Å². The van der Waals surface area contributed by atoms with E-state index in [2.05, 4.69) is 43.6 Å². The van der Waals surface area contributed by atoms with E-state index in [-0.39, 0.29) is 5.60 Å². The molecule has 0 aliphatic carbocycles. The minimum atomic E-state index is 0.0871. The Hall–Kier alpha value is 0.440. The minimum Gasteiger partial charge on any atom is -0.376 e. The molecule has 0 amide bonds. The molecule has 2 unspecified atom stereocenters. The molecule has 1 aliphatic heterocycles. The lowest BCUT2D eigenvalue weighted by atomic mass is 9.83. The zero-order valence-electron chi connectivity index (χ0n) is 9.14. The highest BCUT2D eigenvalue weighted by Crippen LogP contribution is 2.35. The molecular formula is C11H21BrO. The van der Waals surface area contributed by atoms with E-state index in [9.17, 15) is 0 Å². The van der Waals surface area contributed by atoms with Crippen LogP contribution in [0.4, 0.5) is 0 Å². The van der Waals surface area contributed by atoms with Crippen molar-refractivity contribution in [3.8, 4) is 0 Å². The molecule has 0 aromatic carbocycles. The molecule has 1 rings (SSSR count). The Balaban J connectivity index is 2.51. The van der Waals surface area contributed by atoms with Crippen LogP contribution in [0.1, 0.15) is 40.5 Å². The molecule has 1 nitrogen and oxygen atoms in total. The molecule has 0 aromatic rings. The maximum absolute atomic E-state index is 5.70. The van der Waals surface area contributed by atoms with Gasteiger partial charge in [-0.15, -0.1) is 0 Å². The van der Waals surface area contributed by atoms with Crippen molar-refractivity contribution in [3.05, 3.63) is 0 Å². The smallest absolute Gasteiger partial charge is 0.0629 e. The SMILES string of the molecule is CC(C)C(Br)C1CCOC(C)(C)C1. The topological polar surface area (TPSA) is 9.23 Å². The van der Waals surface area contributed by atoms with E-state index in [0.717, 1.165) is 18.4 Å². The van der Waals surface area contributed by atoms with Gasteiger partial charge in [0.05, 0.1) is 5.60 Å². The molecule has 0 aromatic heterocycles. The van der Waals surface area contributed by atoms with Crippen LogP contribution in [0, 0.1) is 11.8 Å². The van der Waals surface area contributed by atoms with Gasteiger partial charge >= 0.3 is 0 Å². The fraction of sp³-hybridized carbons (Fsp3) is 1.00. The first-order valence-electron chi connectivity index (χ1n) is 5.20. The maximum Gasteiger partial charge on any atom is 0.0629 e.